The second kappa shape index (κ2) is 8.14. The lowest BCUT2D eigenvalue weighted by Crippen LogP contribution is -2.52. The molecule has 0 spiro atoms. The lowest BCUT2D eigenvalue weighted by atomic mass is 9.85. The quantitative estimate of drug-likeness (QED) is 0.697. The molecule has 1 atom stereocenters. The Morgan fingerprint density at radius 1 is 1.20 bits per heavy atom. The molecule has 1 aromatic rings. The van der Waals surface area contributed by atoms with Gasteiger partial charge >= 0.3 is 0 Å². The summed E-state index contributed by atoms with van der Waals surface area (Å²) in [6.07, 6.45) is 1.83. The van der Waals surface area contributed by atoms with Crippen molar-refractivity contribution in [3.05, 3.63) is 34.6 Å². The lowest BCUT2D eigenvalue weighted by molar-refractivity contribution is -0.137. The Balaban J connectivity index is 1.54. The van der Waals surface area contributed by atoms with Crippen molar-refractivity contribution >= 4 is 23.6 Å². The molecule has 1 aromatic carbocycles. The maximum absolute atomic E-state index is 14.4. The number of carbonyl (C=O) groups is 4. The molecule has 2 fully saturated rings. The van der Waals surface area contributed by atoms with E-state index >= 15 is 0 Å². The molecule has 0 bridgehead atoms. The van der Waals surface area contributed by atoms with Crippen LogP contribution in [0.5, 0.6) is 0 Å². The zero-order chi connectivity index (χ0) is 21.4. The summed E-state index contributed by atoms with van der Waals surface area (Å²) >= 11 is 0. The van der Waals surface area contributed by atoms with Crippen LogP contribution in [0.3, 0.4) is 0 Å². The van der Waals surface area contributed by atoms with Crippen LogP contribution in [0.15, 0.2) is 12.1 Å². The number of piperidine rings is 2. The van der Waals surface area contributed by atoms with E-state index in [-0.39, 0.29) is 49.6 Å². The van der Waals surface area contributed by atoms with Crippen LogP contribution in [-0.4, -0.2) is 66.2 Å². The molecule has 9 heteroatoms. The monoisotopic (exact) mass is 416 g/mol. The van der Waals surface area contributed by atoms with E-state index in [0.29, 0.717) is 31.5 Å². The zero-order valence-corrected chi connectivity index (χ0v) is 16.9. The van der Waals surface area contributed by atoms with Gasteiger partial charge in [0.15, 0.2) is 0 Å². The number of nitrogens with one attached hydrogen (secondary N) is 2. The second-order valence-corrected chi connectivity index (χ2v) is 8.11. The highest BCUT2D eigenvalue weighted by molar-refractivity contribution is 6.05. The number of carbonyl (C=O) groups excluding carboxylic acids is 4. The highest BCUT2D eigenvalue weighted by atomic mass is 19.1. The fourth-order valence-corrected chi connectivity index (χ4v) is 4.72. The molecule has 8 nitrogen and oxygen atoms in total. The molecule has 160 valence electrons. The van der Waals surface area contributed by atoms with E-state index in [1.54, 1.807) is 11.9 Å². The molecule has 0 aromatic heterocycles. The van der Waals surface area contributed by atoms with Crippen LogP contribution in [0, 0.1) is 5.82 Å². The van der Waals surface area contributed by atoms with Gasteiger partial charge in [-0.3, -0.25) is 24.5 Å². The largest absolute Gasteiger partial charge is 0.342 e. The molecule has 4 amide bonds. The van der Waals surface area contributed by atoms with Gasteiger partial charge in [0, 0.05) is 31.6 Å². The van der Waals surface area contributed by atoms with E-state index in [1.165, 1.54) is 17.0 Å². The van der Waals surface area contributed by atoms with E-state index < -0.39 is 17.8 Å². The minimum atomic E-state index is -0.723. The van der Waals surface area contributed by atoms with Crippen LogP contribution >= 0.6 is 0 Å². The van der Waals surface area contributed by atoms with Crippen molar-refractivity contribution in [3.63, 3.8) is 0 Å². The van der Waals surface area contributed by atoms with Gasteiger partial charge in [-0.25, -0.2) is 4.39 Å². The Morgan fingerprint density at radius 3 is 2.60 bits per heavy atom. The Kier molecular flexibility index (Phi) is 5.55. The molecule has 2 N–H and O–H groups in total. The van der Waals surface area contributed by atoms with Gasteiger partial charge in [-0.2, -0.15) is 0 Å². The predicted molar refractivity (Wildman–Crippen MR) is 105 cm³/mol. The van der Waals surface area contributed by atoms with Crippen molar-refractivity contribution in [1.82, 2.24) is 20.4 Å². The van der Waals surface area contributed by atoms with Gasteiger partial charge in [0.2, 0.25) is 17.7 Å². The third-order valence-electron chi connectivity index (χ3n) is 6.27. The molecule has 3 heterocycles. The van der Waals surface area contributed by atoms with Crippen molar-refractivity contribution < 1.29 is 23.6 Å². The third kappa shape index (κ3) is 3.69. The molecular weight excluding hydrogens is 391 g/mol. The topological polar surface area (TPSA) is 98.8 Å². The average molecular weight is 416 g/mol. The van der Waals surface area contributed by atoms with Gasteiger partial charge in [0.1, 0.15) is 11.9 Å². The SMILES string of the molecule is CNCC(=O)N1CCC(c2cc(F)cc3c2CN(C2CCC(=O)NC2=O)C3=O)CC1. The van der Waals surface area contributed by atoms with Crippen molar-refractivity contribution in [2.24, 2.45) is 0 Å². The Hall–Kier alpha value is -2.81. The van der Waals surface area contributed by atoms with Crippen molar-refractivity contribution in [2.75, 3.05) is 26.7 Å². The Labute approximate surface area is 173 Å². The van der Waals surface area contributed by atoms with Gasteiger partial charge in [-0.05, 0) is 55.5 Å². The average Bonchev–Trinajstić information content (AvgIpc) is 3.04. The van der Waals surface area contributed by atoms with Gasteiger partial charge in [-0.15, -0.1) is 0 Å². The number of likely N-dealkylation sites (tertiary alicyclic amines) is 1. The summed E-state index contributed by atoms with van der Waals surface area (Å²) in [4.78, 5) is 52.0. The molecule has 0 aliphatic carbocycles. The lowest BCUT2D eigenvalue weighted by Gasteiger charge is -2.33. The van der Waals surface area contributed by atoms with E-state index in [9.17, 15) is 23.6 Å². The number of benzene rings is 1. The van der Waals surface area contributed by atoms with Crippen LogP contribution in [0.4, 0.5) is 4.39 Å². The van der Waals surface area contributed by atoms with Crippen molar-refractivity contribution in [3.8, 4) is 0 Å². The van der Waals surface area contributed by atoms with Crippen LogP contribution in [-0.2, 0) is 20.9 Å². The van der Waals surface area contributed by atoms with Gasteiger partial charge in [-0.1, -0.05) is 0 Å². The molecule has 3 aliphatic heterocycles. The minimum absolute atomic E-state index is 0.0413. The third-order valence-corrected chi connectivity index (χ3v) is 6.27. The summed E-state index contributed by atoms with van der Waals surface area (Å²) < 4.78 is 14.4. The number of imide groups is 1. The summed E-state index contributed by atoms with van der Waals surface area (Å²) in [6, 6.07) is 1.99. The number of halogens is 1. The van der Waals surface area contributed by atoms with E-state index in [4.69, 9.17) is 0 Å². The Morgan fingerprint density at radius 2 is 1.93 bits per heavy atom. The fraction of sp³-hybridized carbons (Fsp3) is 0.524. The van der Waals surface area contributed by atoms with E-state index in [1.807, 2.05) is 0 Å². The molecular formula is C21H25FN4O4. The first-order valence-electron chi connectivity index (χ1n) is 10.3. The number of nitrogens with zero attached hydrogens (tertiary/aromatic N) is 2. The second-order valence-electron chi connectivity index (χ2n) is 8.11. The summed E-state index contributed by atoms with van der Waals surface area (Å²) in [5, 5.41) is 5.14. The molecule has 4 rings (SSSR count). The molecule has 1 unspecified atom stereocenters. The van der Waals surface area contributed by atoms with Crippen LogP contribution in [0.25, 0.3) is 0 Å². The molecule has 0 saturated carbocycles. The van der Waals surface area contributed by atoms with Gasteiger partial charge in [0.25, 0.3) is 5.91 Å². The maximum atomic E-state index is 14.4. The number of hydrogen-bond acceptors (Lipinski definition) is 5. The van der Waals surface area contributed by atoms with E-state index in [2.05, 4.69) is 10.6 Å². The smallest absolute Gasteiger partial charge is 0.255 e. The summed E-state index contributed by atoms with van der Waals surface area (Å²) in [7, 11) is 1.73. The highest BCUT2D eigenvalue weighted by Crippen LogP contribution is 2.37. The molecule has 0 radical (unpaired) electrons. The normalized spacial score (nSPS) is 22.3. The van der Waals surface area contributed by atoms with Crippen LogP contribution in [0.2, 0.25) is 0 Å². The number of likely N-dealkylation sites (N-methyl/N-ethyl adjacent to an activating group) is 1. The number of rotatable bonds is 4. The molecule has 2 saturated heterocycles. The first kappa shape index (κ1) is 20.5. The highest BCUT2D eigenvalue weighted by Gasteiger charge is 2.41. The fourth-order valence-electron chi connectivity index (χ4n) is 4.72. The number of fused-ring (bicyclic) bond motifs is 1. The van der Waals surface area contributed by atoms with Gasteiger partial charge < -0.3 is 15.1 Å². The zero-order valence-electron chi connectivity index (χ0n) is 16.9. The maximum Gasteiger partial charge on any atom is 0.255 e. The van der Waals surface area contributed by atoms with E-state index in [0.717, 1.165) is 11.1 Å². The molecule has 30 heavy (non-hydrogen) atoms. The summed E-state index contributed by atoms with van der Waals surface area (Å²) in [5.41, 5.74) is 1.84. The summed E-state index contributed by atoms with van der Waals surface area (Å²) in [5.74, 6) is -1.59. The Bertz CT molecular complexity index is 911. The van der Waals surface area contributed by atoms with Crippen molar-refractivity contribution in [1.29, 1.82) is 0 Å². The predicted octanol–water partition coefficient (Wildman–Crippen LogP) is 0.512. The van der Waals surface area contributed by atoms with Crippen molar-refractivity contribution in [2.45, 2.75) is 44.2 Å². The number of hydrogen-bond donors (Lipinski definition) is 2. The standard InChI is InChI=1S/C21H25FN4O4/c1-23-10-19(28)25-6-4-12(5-7-25)14-8-13(22)9-15-16(14)11-26(21(15)30)17-2-3-18(27)24-20(17)29/h8-9,12,17,23H,2-7,10-11H2,1H3,(H,24,27,29). The first-order valence-corrected chi connectivity index (χ1v) is 10.3. The number of amides is 4. The van der Waals surface area contributed by atoms with Crippen LogP contribution < -0.4 is 10.6 Å². The van der Waals surface area contributed by atoms with Gasteiger partial charge in [0.05, 0.1) is 6.54 Å². The molecule has 3 aliphatic rings. The minimum Gasteiger partial charge on any atom is -0.342 e. The first-order chi connectivity index (χ1) is 14.4. The summed E-state index contributed by atoms with van der Waals surface area (Å²) in [6.45, 7) is 1.69. The van der Waals surface area contributed by atoms with Crippen LogP contribution in [0.1, 0.15) is 53.1 Å².